The van der Waals surface area contributed by atoms with E-state index >= 15 is 0 Å². The van der Waals surface area contributed by atoms with Gasteiger partial charge < -0.3 is 10.2 Å². The zero-order valence-corrected chi connectivity index (χ0v) is 13.9. The Kier molecular flexibility index (Phi) is 4.43. The number of benzene rings is 1. The summed E-state index contributed by atoms with van der Waals surface area (Å²) in [5, 5.41) is 3.36. The Morgan fingerprint density at radius 1 is 1.27 bits per heavy atom. The first-order chi connectivity index (χ1) is 10.6. The molecule has 0 unspecified atom stereocenters. The lowest BCUT2D eigenvalue weighted by Crippen LogP contribution is -2.47. The van der Waals surface area contributed by atoms with Gasteiger partial charge in [0.25, 0.3) is 5.91 Å². The SMILES string of the molecule is C[C@@H]1[C@@H](C)SCCN1C(=O)c1cccc(NC(=O)C2CC2)c1. The van der Waals surface area contributed by atoms with Crippen molar-refractivity contribution in [2.24, 2.45) is 5.92 Å². The summed E-state index contributed by atoms with van der Waals surface area (Å²) < 4.78 is 0. The van der Waals surface area contributed by atoms with Gasteiger partial charge in [0.05, 0.1) is 0 Å². The third-order valence-electron chi connectivity index (χ3n) is 4.47. The van der Waals surface area contributed by atoms with Crippen LogP contribution in [0.5, 0.6) is 0 Å². The van der Waals surface area contributed by atoms with Gasteiger partial charge >= 0.3 is 0 Å². The van der Waals surface area contributed by atoms with Crippen LogP contribution in [0.25, 0.3) is 0 Å². The van der Waals surface area contributed by atoms with Gasteiger partial charge in [-0.05, 0) is 38.0 Å². The topological polar surface area (TPSA) is 49.4 Å². The lowest BCUT2D eigenvalue weighted by molar-refractivity contribution is -0.117. The second-order valence-corrected chi connectivity index (χ2v) is 7.64. The molecule has 22 heavy (non-hydrogen) atoms. The molecule has 0 bridgehead atoms. The summed E-state index contributed by atoms with van der Waals surface area (Å²) in [7, 11) is 0. The molecule has 2 fully saturated rings. The molecule has 1 heterocycles. The maximum atomic E-state index is 12.7. The molecule has 2 aliphatic rings. The Labute approximate surface area is 135 Å². The molecule has 0 aromatic heterocycles. The minimum Gasteiger partial charge on any atom is -0.334 e. The van der Waals surface area contributed by atoms with Gasteiger partial charge in [-0.3, -0.25) is 9.59 Å². The van der Waals surface area contributed by atoms with Gasteiger partial charge in [0, 0.05) is 40.8 Å². The molecule has 5 heteroatoms. The molecule has 1 aromatic rings. The Morgan fingerprint density at radius 3 is 2.77 bits per heavy atom. The standard InChI is InChI=1S/C17H22N2O2S/c1-11-12(2)22-9-8-19(11)17(21)14-4-3-5-15(10-14)18-16(20)13-6-7-13/h3-5,10-13H,6-9H2,1-2H3,(H,18,20)/t11-,12-/m1/s1. The molecule has 2 amide bonds. The Bertz CT molecular complexity index is 586. The van der Waals surface area contributed by atoms with E-state index in [1.165, 1.54) is 0 Å². The van der Waals surface area contributed by atoms with Crippen molar-refractivity contribution in [2.45, 2.75) is 38.0 Å². The highest BCUT2D eigenvalue weighted by molar-refractivity contribution is 8.00. The maximum absolute atomic E-state index is 12.7. The largest absolute Gasteiger partial charge is 0.334 e. The van der Waals surface area contributed by atoms with Gasteiger partial charge in [0.1, 0.15) is 0 Å². The number of nitrogens with zero attached hydrogens (tertiary/aromatic N) is 1. The number of hydrogen-bond acceptors (Lipinski definition) is 3. The molecule has 0 radical (unpaired) electrons. The van der Waals surface area contributed by atoms with Crippen molar-refractivity contribution in [2.75, 3.05) is 17.6 Å². The maximum Gasteiger partial charge on any atom is 0.254 e. The van der Waals surface area contributed by atoms with E-state index in [1.54, 1.807) is 6.07 Å². The van der Waals surface area contributed by atoms with E-state index in [0.29, 0.717) is 10.8 Å². The summed E-state index contributed by atoms with van der Waals surface area (Å²) in [6, 6.07) is 7.53. The van der Waals surface area contributed by atoms with Crippen LogP contribution >= 0.6 is 11.8 Å². The van der Waals surface area contributed by atoms with Crippen LogP contribution in [0, 0.1) is 5.92 Å². The summed E-state index contributed by atoms with van der Waals surface area (Å²) in [5.74, 6) is 1.28. The molecule has 1 saturated carbocycles. The number of nitrogens with one attached hydrogen (secondary N) is 1. The van der Waals surface area contributed by atoms with Crippen molar-refractivity contribution in [1.29, 1.82) is 0 Å². The summed E-state index contributed by atoms with van der Waals surface area (Å²) in [6.45, 7) is 5.06. The summed E-state index contributed by atoms with van der Waals surface area (Å²) in [6.07, 6.45) is 1.95. The number of thioether (sulfide) groups is 1. The van der Waals surface area contributed by atoms with Crippen molar-refractivity contribution < 1.29 is 9.59 Å². The third kappa shape index (κ3) is 3.29. The van der Waals surface area contributed by atoms with E-state index in [-0.39, 0.29) is 23.8 Å². The van der Waals surface area contributed by atoms with Crippen LogP contribution < -0.4 is 5.32 Å². The second kappa shape index (κ2) is 6.32. The number of carbonyl (C=O) groups is 2. The van der Waals surface area contributed by atoms with Gasteiger partial charge in [0.2, 0.25) is 5.91 Å². The molecule has 1 aliphatic heterocycles. The van der Waals surface area contributed by atoms with E-state index in [1.807, 2.05) is 34.9 Å². The molecular formula is C17H22N2O2S. The zero-order chi connectivity index (χ0) is 15.7. The van der Waals surface area contributed by atoms with Crippen LogP contribution in [0.1, 0.15) is 37.0 Å². The fourth-order valence-corrected chi connectivity index (χ4v) is 3.80. The summed E-state index contributed by atoms with van der Waals surface area (Å²) in [5.41, 5.74) is 1.37. The summed E-state index contributed by atoms with van der Waals surface area (Å²) >= 11 is 1.91. The highest BCUT2D eigenvalue weighted by Crippen LogP contribution is 2.30. The smallest absolute Gasteiger partial charge is 0.254 e. The van der Waals surface area contributed by atoms with E-state index in [9.17, 15) is 9.59 Å². The molecule has 4 nitrogen and oxygen atoms in total. The number of anilines is 1. The lowest BCUT2D eigenvalue weighted by atomic mass is 10.1. The first-order valence-electron chi connectivity index (χ1n) is 7.90. The van der Waals surface area contributed by atoms with Crippen molar-refractivity contribution in [3.8, 4) is 0 Å². The van der Waals surface area contributed by atoms with Crippen LogP contribution in [0.2, 0.25) is 0 Å². The third-order valence-corrected chi connectivity index (χ3v) is 5.81. The van der Waals surface area contributed by atoms with Crippen LogP contribution in [0.15, 0.2) is 24.3 Å². The minimum absolute atomic E-state index is 0.0576. The fourth-order valence-electron chi connectivity index (χ4n) is 2.71. The molecule has 3 rings (SSSR count). The van der Waals surface area contributed by atoms with E-state index < -0.39 is 0 Å². The number of carbonyl (C=O) groups excluding carboxylic acids is 2. The van der Waals surface area contributed by atoms with E-state index in [0.717, 1.165) is 30.8 Å². The molecule has 1 saturated heterocycles. The van der Waals surface area contributed by atoms with Crippen LogP contribution in [0.4, 0.5) is 5.69 Å². The van der Waals surface area contributed by atoms with Crippen molar-refractivity contribution in [3.63, 3.8) is 0 Å². The predicted octanol–water partition coefficient (Wildman–Crippen LogP) is 3.00. The van der Waals surface area contributed by atoms with E-state index in [2.05, 4.69) is 19.2 Å². The summed E-state index contributed by atoms with van der Waals surface area (Å²) in [4.78, 5) is 26.5. The van der Waals surface area contributed by atoms with Gasteiger partial charge in [-0.2, -0.15) is 11.8 Å². The molecule has 1 N–H and O–H groups in total. The first kappa shape index (κ1) is 15.4. The van der Waals surface area contributed by atoms with Crippen molar-refractivity contribution in [1.82, 2.24) is 4.90 Å². The number of amides is 2. The molecule has 0 spiro atoms. The average Bonchev–Trinajstić information content (AvgIpc) is 3.34. The molecule has 2 atom stereocenters. The van der Waals surface area contributed by atoms with Gasteiger partial charge in [-0.25, -0.2) is 0 Å². The minimum atomic E-state index is 0.0576. The highest BCUT2D eigenvalue weighted by atomic mass is 32.2. The van der Waals surface area contributed by atoms with Crippen LogP contribution in [-0.4, -0.2) is 40.3 Å². The predicted molar refractivity (Wildman–Crippen MR) is 90.2 cm³/mol. The monoisotopic (exact) mass is 318 g/mol. The zero-order valence-electron chi connectivity index (χ0n) is 13.0. The van der Waals surface area contributed by atoms with Gasteiger partial charge in [0.15, 0.2) is 0 Å². The Morgan fingerprint density at radius 2 is 2.05 bits per heavy atom. The van der Waals surface area contributed by atoms with Gasteiger partial charge in [-0.1, -0.05) is 13.0 Å². The number of rotatable bonds is 3. The molecule has 1 aromatic carbocycles. The van der Waals surface area contributed by atoms with Crippen LogP contribution in [-0.2, 0) is 4.79 Å². The average molecular weight is 318 g/mol. The van der Waals surface area contributed by atoms with E-state index in [4.69, 9.17) is 0 Å². The normalized spacial score (nSPS) is 24.9. The van der Waals surface area contributed by atoms with Crippen molar-refractivity contribution in [3.05, 3.63) is 29.8 Å². The quantitative estimate of drug-likeness (QED) is 0.932. The van der Waals surface area contributed by atoms with Crippen LogP contribution in [0.3, 0.4) is 0 Å². The fraction of sp³-hybridized carbons (Fsp3) is 0.529. The van der Waals surface area contributed by atoms with Gasteiger partial charge in [-0.15, -0.1) is 0 Å². The second-order valence-electron chi connectivity index (χ2n) is 6.16. The molecule has 118 valence electrons. The highest BCUT2D eigenvalue weighted by Gasteiger charge is 2.31. The number of hydrogen-bond donors (Lipinski definition) is 1. The Balaban J connectivity index is 1.73. The van der Waals surface area contributed by atoms with Crippen molar-refractivity contribution >= 4 is 29.3 Å². The molecule has 1 aliphatic carbocycles. The Hall–Kier alpha value is -1.49. The first-order valence-corrected chi connectivity index (χ1v) is 8.94. The molecular weight excluding hydrogens is 296 g/mol. The lowest BCUT2D eigenvalue weighted by Gasteiger charge is -2.37.